The van der Waals surface area contributed by atoms with Crippen LogP contribution in [0.1, 0.15) is 33.9 Å². The zero-order chi connectivity index (χ0) is 22.9. The van der Waals surface area contributed by atoms with Crippen molar-refractivity contribution in [2.75, 3.05) is 6.61 Å². The third-order valence-corrected chi connectivity index (χ3v) is 5.51. The zero-order valence-electron chi connectivity index (χ0n) is 16.8. The van der Waals surface area contributed by atoms with Crippen molar-refractivity contribution in [3.63, 3.8) is 0 Å². The van der Waals surface area contributed by atoms with Gasteiger partial charge in [0.05, 0.1) is 12.7 Å². The summed E-state index contributed by atoms with van der Waals surface area (Å²) in [5.74, 6) is -0.783. The summed E-state index contributed by atoms with van der Waals surface area (Å²) >= 11 is 0. The molecule has 0 saturated carbocycles. The fraction of sp³-hybridized carbons (Fsp3) is 0.688. The number of carbonyl (C=O) groups is 1. The number of ether oxygens (including phenoxy) is 2. The number of hydrogen-bond donors (Lipinski definition) is 4. The van der Waals surface area contributed by atoms with E-state index in [0.29, 0.717) is 0 Å². The van der Waals surface area contributed by atoms with Crippen LogP contribution in [-0.2, 0) is 23.4 Å². The molecule has 0 spiro atoms. The monoisotopic (exact) mass is 453 g/mol. The van der Waals surface area contributed by atoms with Crippen molar-refractivity contribution >= 4 is 13.7 Å². The minimum Gasteiger partial charge on any atom is -0.462 e. The highest BCUT2D eigenvalue weighted by molar-refractivity contribution is 7.50. The number of aliphatic hydroxyl groups excluding tert-OH is 1. The first kappa shape index (κ1) is 24.4. The van der Waals surface area contributed by atoms with Gasteiger partial charge in [0.25, 0.3) is 5.56 Å². The van der Waals surface area contributed by atoms with E-state index >= 15 is 4.39 Å². The van der Waals surface area contributed by atoms with Crippen molar-refractivity contribution < 1.29 is 37.7 Å². The number of hydrogen-bond acceptors (Lipinski definition) is 8. The molecule has 6 unspecified atom stereocenters. The van der Waals surface area contributed by atoms with Gasteiger partial charge in [-0.1, -0.05) is 0 Å². The Labute approximate surface area is 170 Å². The predicted octanol–water partition coefficient (Wildman–Crippen LogP) is -0.430. The van der Waals surface area contributed by atoms with Gasteiger partial charge in [-0.05, 0) is 27.7 Å². The minimum absolute atomic E-state index is 0.432. The number of aliphatic hydroxyl groups is 1. The largest absolute Gasteiger partial charge is 0.462 e. The second kappa shape index (κ2) is 9.08. The summed E-state index contributed by atoms with van der Waals surface area (Å²) in [5, 5.41) is 12.3. The van der Waals surface area contributed by atoms with Gasteiger partial charge in [0.15, 0.2) is 11.9 Å². The van der Waals surface area contributed by atoms with E-state index in [-0.39, 0.29) is 0 Å². The zero-order valence-corrected chi connectivity index (χ0v) is 17.7. The van der Waals surface area contributed by atoms with Gasteiger partial charge in [0, 0.05) is 12.3 Å². The second-order valence-corrected chi connectivity index (χ2v) is 8.85. The van der Waals surface area contributed by atoms with Crippen LogP contribution in [-0.4, -0.2) is 62.1 Å². The van der Waals surface area contributed by atoms with Crippen LogP contribution in [0.2, 0.25) is 0 Å². The van der Waals surface area contributed by atoms with Gasteiger partial charge in [-0.2, -0.15) is 0 Å². The molecule has 1 aromatic rings. The van der Waals surface area contributed by atoms with E-state index in [1.165, 1.54) is 6.92 Å². The van der Waals surface area contributed by atoms with Crippen LogP contribution in [0.15, 0.2) is 21.9 Å². The first-order valence-electron chi connectivity index (χ1n) is 9.04. The number of rotatable bonds is 8. The molecule has 30 heavy (non-hydrogen) atoms. The Bertz CT molecular complexity index is 931. The van der Waals surface area contributed by atoms with Gasteiger partial charge in [0.2, 0.25) is 0 Å². The Hall–Kier alpha value is -1.89. The Morgan fingerprint density at radius 1 is 1.47 bits per heavy atom. The number of nitrogens with zero attached hydrogens (tertiary/aromatic N) is 1. The van der Waals surface area contributed by atoms with Crippen LogP contribution >= 0.6 is 7.75 Å². The molecule has 14 heteroatoms. The Kier molecular flexibility index (Phi) is 7.38. The lowest BCUT2D eigenvalue weighted by Gasteiger charge is -2.24. The smallest absolute Gasteiger partial charge is 0.403 e. The fourth-order valence-electron chi connectivity index (χ4n) is 2.81. The number of halogens is 1. The molecule has 0 bridgehead atoms. The standard InChI is InChI=1S/C16H25FN3O9P/c1-8(2)28-13(23)9(3)19-30(25,26)27-7-10-12(22)16(4,17)14(29-10)20-6-5-11(21)18-15(20)24/h5-6,8-10,12,14,22H,7H2,1-4H3,(H,18,21,24)(H2,19,25,26). The summed E-state index contributed by atoms with van der Waals surface area (Å²) in [6.45, 7) is 4.74. The van der Waals surface area contributed by atoms with Gasteiger partial charge in [-0.25, -0.2) is 18.8 Å². The molecule has 2 rings (SSSR count). The van der Waals surface area contributed by atoms with Gasteiger partial charge in [-0.15, -0.1) is 0 Å². The van der Waals surface area contributed by atoms with Crippen LogP contribution in [0.25, 0.3) is 0 Å². The molecule has 1 aliphatic heterocycles. The Morgan fingerprint density at radius 3 is 2.67 bits per heavy atom. The summed E-state index contributed by atoms with van der Waals surface area (Å²) in [6.07, 6.45) is -4.32. The highest BCUT2D eigenvalue weighted by Gasteiger charge is 2.55. The number of nitrogens with one attached hydrogen (secondary N) is 2. The summed E-state index contributed by atoms with van der Waals surface area (Å²) in [5.41, 5.74) is -4.15. The normalized spacial score (nSPS) is 29.5. The lowest BCUT2D eigenvalue weighted by Crippen LogP contribution is -2.43. The first-order valence-corrected chi connectivity index (χ1v) is 10.6. The number of H-pyrrole nitrogens is 1. The topological polar surface area (TPSA) is 169 Å². The van der Waals surface area contributed by atoms with Crippen LogP contribution in [0, 0.1) is 0 Å². The van der Waals surface area contributed by atoms with Crippen molar-refractivity contribution in [3.05, 3.63) is 33.1 Å². The molecule has 6 atom stereocenters. The molecule has 0 radical (unpaired) electrons. The van der Waals surface area contributed by atoms with E-state index in [1.54, 1.807) is 13.8 Å². The van der Waals surface area contributed by atoms with E-state index < -0.39 is 67.8 Å². The minimum atomic E-state index is -4.55. The van der Waals surface area contributed by atoms with Crippen molar-refractivity contribution in [1.29, 1.82) is 0 Å². The molecular weight excluding hydrogens is 428 g/mol. The number of aromatic nitrogens is 2. The van der Waals surface area contributed by atoms with Crippen LogP contribution in [0.4, 0.5) is 4.39 Å². The SMILES string of the molecule is CC(C)OC(=O)C(C)NP(=O)(O)OCC1OC(n2ccc(=O)[nH]c2=O)C(C)(F)C1O. The van der Waals surface area contributed by atoms with Gasteiger partial charge in [-0.3, -0.25) is 23.7 Å². The summed E-state index contributed by atoms with van der Waals surface area (Å²) in [7, 11) is -4.55. The molecule has 1 aliphatic rings. The van der Waals surface area contributed by atoms with Crippen molar-refractivity contribution in [2.24, 2.45) is 0 Å². The van der Waals surface area contributed by atoms with E-state index in [0.717, 1.165) is 23.8 Å². The van der Waals surface area contributed by atoms with Crippen molar-refractivity contribution in [3.8, 4) is 0 Å². The maximum absolute atomic E-state index is 15.1. The average Bonchev–Trinajstić information content (AvgIpc) is 2.82. The number of alkyl halides is 1. The number of esters is 1. The molecule has 12 nitrogen and oxygen atoms in total. The molecule has 1 saturated heterocycles. The highest BCUT2D eigenvalue weighted by atomic mass is 31.2. The number of aromatic amines is 1. The summed E-state index contributed by atoms with van der Waals surface area (Å²) in [4.78, 5) is 46.7. The molecule has 0 aliphatic carbocycles. The molecule has 4 N–H and O–H groups in total. The summed E-state index contributed by atoms with van der Waals surface area (Å²) < 4.78 is 43.0. The predicted molar refractivity (Wildman–Crippen MR) is 100 cm³/mol. The quantitative estimate of drug-likeness (QED) is 0.299. The molecule has 170 valence electrons. The molecule has 1 fully saturated rings. The van der Waals surface area contributed by atoms with Gasteiger partial charge >= 0.3 is 19.4 Å². The average molecular weight is 453 g/mol. The third-order valence-electron chi connectivity index (χ3n) is 4.30. The van der Waals surface area contributed by atoms with Gasteiger partial charge < -0.3 is 19.5 Å². The third kappa shape index (κ3) is 5.62. The summed E-state index contributed by atoms with van der Waals surface area (Å²) in [6, 6.07) is -0.211. The Morgan fingerprint density at radius 2 is 2.10 bits per heavy atom. The maximum Gasteiger partial charge on any atom is 0.403 e. The number of carbonyl (C=O) groups excluding carboxylic acids is 1. The molecule has 2 heterocycles. The van der Waals surface area contributed by atoms with Crippen molar-refractivity contribution in [2.45, 2.75) is 63.9 Å². The van der Waals surface area contributed by atoms with Crippen LogP contribution < -0.4 is 16.3 Å². The molecule has 0 amide bonds. The first-order chi connectivity index (χ1) is 13.7. The highest BCUT2D eigenvalue weighted by Crippen LogP contribution is 2.43. The molecule has 0 aromatic carbocycles. The van der Waals surface area contributed by atoms with Gasteiger partial charge in [0.1, 0.15) is 18.2 Å². The van der Waals surface area contributed by atoms with E-state index in [1.807, 2.05) is 4.98 Å². The second-order valence-electron chi connectivity index (χ2n) is 7.29. The molecular formula is C16H25FN3O9P. The van der Waals surface area contributed by atoms with E-state index in [9.17, 15) is 28.9 Å². The van der Waals surface area contributed by atoms with Crippen molar-refractivity contribution in [1.82, 2.24) is 14.6 Å². The fourth-order valence-corrected chi connectivity index (χ4v) is 3.82. The van der Waals surface area contributed by atoms with Crippen LogP contribution in [0.5, 0.6) is 0 Å². The maximum atomic E-state index is 15.1. The lowest BCUT2D eigenvalue weighted by molar-refractivity contribution is -0.149. The van der Waals surface area contributed by atoms with Crippen LogP contribution in [0.3, 0.4) is 0 Å². The lowest BCUT2D eigenvalue weighted by atomic mass is 9.98. The van der Waals surface area contributed by atoms with E-state index in [4.69, 9.17) is 14.0 Å². The Balaban J connectivity index is 2.06. The molecule has 1 aromatic heterocycles. The van der Waals surface area contributed by atoms with E-state index in [2.05, 4.69) is 5.09 Å².